The molecule has 0 spiro atoms. The van der Waals surface area contributed by atoms with Crippen LogP contribution in [0.2, 0.25) is 0 Å². The molecule has 0 heterocycles. The average molecular weight is 274 g/mol. The zero-order chi connectivity index (χ0) is 14.5. The highest BCUT2D eigenvalue weighted by atomic mass is 19.1. The van der Waals surface area contributed by atoms with E-state index in [1.165, 1.54) is 12.1 Å². The van der Waals surface area contributed by atoms with Gasteiger partial charge in [0.15, 0.2) is 0 Å². The molecule has 1 unspecified atom stereocenters. The predicted molar refractivity (Wildman–Crippen MR) is 76.3 cm³/mol. The van der Waals surface area contributed by atoms with Crippen LogP contribution in [0.25, 0.3) is 0 Å². The van der Waals surface area contributed by atoms with Crippen LogP contribution >= 0.6 is 0 Å². The molecule has 2 rings (SSSR count). The van der Waals surface area contributed by atoms with Crippen LogP contribution in [-0.4, -0.2) is 11.0 Å². The maximum atomic E-state index is 13.3. The zero-order valence-electron chi connectivity index (χ0n) is 11.0. The fraction of sp³-hybridized carbons (Fsp3) is 0.200. The number of rotatable bonds is 5. The number of halogens is 1. The number of benzene rings is 2. The van der Waals surface area contributed by atoms with Gasteiger partial charge in [0.05, 0.1) is 11.0 Å². The van der Waals surface area contributed by atoms with Crippen molar-refractivity contribution in [2.24, 2.45) is 0 Å². The number of hydrogen-bond acceptors (Lipinski definition) is 3. The van der Waals surface area contributed by atoms with Crippen molar-refractivity contribution in [1.29, 1.82) is 0 Å². The Labute approximate surface area is 116 Å². The van der Waals surface area contributed by atoms with Gasteiger partial charge in [-0.05, 0) is 25.0 Å². The van der Waals surface area contributed by atoms with Gasteiger partial charge in [-0.3, -0.25) is 10.1 Å². The molecule has 1 atom stereocenters. The van der Waals surface area contributed by atoms with Crippen molar-refractivity contribution in [2.45, 2.75) is 19.4 Å². The maximum absolute atomic E-state index is 13.3. The van der Waals surface area contributed by atoms with Crippen molar-refractivity contribution in [3.8, 4) is 0 Å². The lowest BCUT2D eigenvalue weighted by molar-refractivity contribution is -0.385. The number of nitro benzene ring substituents is 1. The largest absolute Gasteiger partial charge is 0.382 e. The fourth-order valence-corrected chi connectivity index (χ4v) is 2.07. The molecule has 0 aromatic heterocycles. The van der Waals surface area contributed by atoms with Gasteiger partial charge in [0.1, 0.15) is 5.82 Å². The zero-order valence-corrected chi connectivity index (χ0v) is 11.0. The number of nitrogens with one attached hydrogen (secondary N) is 1. The maximum Gasteiger partial charge on any atom is 0.274 e. The summed E-state index contributed by atoms with van der Waals surface area (Å²) in [5.41, 5.74) is 1.32. The van der Waals surface area contributed by atoms with E-state index in [2.05, 4.69) is 5.32 Å². The second-order valence-electron chi connectivity index (χ2n) is 4.69. The molecule has 0 radical (unpaired) electrons. The summed E-state index contributed by atoms with van der Waals surface area (Å²) in [7, 11) is 0. The Kier molecular flexibility index (Phi) is 4.30. The Hall–Kier alpha value is -2.43. The van der Waals surface area contributed by atoms with Crippen molar-refractivity contribution in [3.05, 3.63) is 70.0 Å². The minimum atomic E-state index is -0.617. The number of nitro groups is 1. The monoisotopic (exact) mass is 274 g/mol. The van der Waals surface area contributed by atoms with Gasteiger partial charge in [0.2, 0.25) is 0 Å². The van der Waals surface area contributed by atoms with E-state index in [0.29, 0.717) is 5.69 Å². The molecule has 2 aromatic rings. The molecule has 0 aliphatic carbocycles. The molecule has 0 saturated heterocycles. The first-order valence-corrected chi connectivity index (χ1v) is 6.30. The standard InChI is InChI=1S/C15H15FN2O2/c1-11(7-12-5-3-2-4-6-12)17-14-8-13(16)9-15(10-14)18(19)20/h2-6,8-11,17H,7H2,1H3. The van der Waals surface area contributed by atoms with E-state index in [1.807, 2.05) is 37.3 Å². The van der Waals surface area contributed by atoms with Gasteiger partial charge < -0.3 is 5.32 Å². The molecule has 0 aliphatic heterocycles. The lowest BCUT2D eigenvalue weighted by Gasteiger charge is -2.15. The van der Waals surface area contributed by atoms with Gasteiger partial charge in [-0.1, -0.05) is 30.3 Å². The van der Waals surface area contributed by atoms with Crippen LogP contribution < -0.4 is 5.32 Å². The topological polar surface area (TPSA) is 55.2 Å². The van der Waals surface area contributed by atoms with E-state index in [1.54, 1.807) is 0 Å². The van der Waals surface area contributed by atoms with Crippen molar-refractivity contribution >= 4 is 11.4 Å². The number of hydrogen-bond donors (Lipinski definition) is 1. The van der Waals surface area contributed by atoms with Gasteiger partial charge in [0, 0.05) is 17.8 Å². The summed E-state index contributed by atoms with van der Waals surface area (Å²) < 4.78 is 13.3. The van der Waals surface area contributed by atoms with Crippen molar-refractivity contribution < 1.29 is 9.31 Å². The number of anilines is 1. The molecule has 104 valence electrons. The summed E-state index contributed by atoms with van der Waals surface area (Å²) in [4.78, 5) is 10.1. The summed E-state index contributed by atoms with van der Waals surface area (Å²) in [6.07, 6.45) is 0.755. The molecule has 4 nitrogen and oxygen atoms in total. The molecule has 20 heavy (non-hydrogen) atoms. The van der Waals surface area contributed by atoms with Gasteiger partial charge >= 0.3 is 0 Å². The third kappa shape index (κ3) is 3.78. The average Bonchev–Trinajstić information content (AvgIpc) is 2.38. The van der Waals surface area contributed by atoms with Crippen molar-refractivity contribution in [2.75, 3.05) is 5.32 Å². The van der Waals surface area contributed by atoms with Crippen LogP contribution in [0.3, 0.4) is 0 Å². The van der Waals surface area contributed by atoms with E-state index in [4.69, 9.17) is 0 Å². The van der Waals surface area contributed by atoms with Gasteiger partial charge in [0.25, 0.3) is 5.69 Å². The number of non-ortho nitro benzene ring substituents is 1. The number of nitrogens with zero attached hydrogens (tertiary/aromatic N) is 1. The van der Waals surface area contributed by atoms with Gasteiger partial charge in [-0.25, -0.2) is 4.39 Å². The molecule has 0 aliphatic rings. The lowest BCUT2D eigenvalue weighted by atomic mass is 10.1. The molecule has 0 bridgehead atoms. The first-order valence-electron chi connectivity index (χ1n) is 6.30. The van der Waals surface area contributed by atoms with E-state index in [0.717, 1.165) is 18.1 Å². The summed E-state index contributed by atoms with van der Waals surface area (Å²) >= 11 is 0. The Morgan fingerprint density at radius 2 is 1.95 bits per heavy atom. The van der Waals surface area contributed by atoms with Gasteiger partial charge in [-0.15, -0.1) is 0 Å². The van der Waals surface area contributed by atoms with E-state index >= 15 is 0 Å². The van der Waals surface area contributed by atoms with Crippen LogP contribution in [0.15, 0.2) is 48.5 Å². The lowest BCUT2D eigenvalue weighted by Crippen LogP contribution is -2.18. The van der Waals surface area contributed by atoms with E-state index < -0.39 is 10.7 Å². The van der Waals surface area contributed by atoms with E-state index in [9.17, 15) is 14.5 Å². The first kappa shape index (κ1) is 14.0. The summed E-state index contributed by atoms with van der Waals surface area (Å²) in [5.74, 6) is -0.617. The SMILES string of the molecule is CC(Cc1ccccc1)Nc1cc(F)cc([N+](=O)[O-])c1. The summed E-state index contributed by atoms with van der Waals surface area (Å²) in [6.45, 7) is 1.95. The van der Waals surface area contributed by atoms with Crippen LogP contribution in [0, 0.1) is 15.9 Å². The van der Waals surface area contributed by atoms with Crippen LogP contribution in [-0.2, 0) is 6.42 Å². The minimum absolute atomic E-state index is 0.0406. The molecule has 5 heteroatoms. The molecular weight excluding hydrogens is 259 g/mol. The second kappa shape index (κ2) is 6.14. The van der Waals surface area contributed by atoms with Gasteiger partial charge in [-0.2, -0.15) is 0 Å². The first-order chi connectivity index (χ1) is 9.54. The fourth-order valence-electron chi connectivity index (χ4n) is 2.07. The van der Waals surface area contributed by atoms with Crippen molar-refractivity contribution in [3.63, 3.8) is 0 Å². The Morgan fingerprint density at radius 3 is 2.60 bits per heavy atom. The quantitative estimate of drug-likeness (QED) is 0.667. The summed E-state index contributed by atoms with van der Waals surface area (Å²) in [6, 6.07) is 13.4. The minimum Gasteiger partial charge on any atom is -0.382 e. The molecule has 1 N–H and O–H groups in total. The third-order valence-corrected chi connectivity index (χ3v) is 2.89. The van der Waals surface area contributed by atoms with Crippen LogP contribution in [0.4, 0.5) is 15.8 Å². The smallest absolute Gasteiger partial charge is 0.274 e. The predicted octanol–water partition coefficient (Wildman–Crippen LogP) is 3.78. The Balaban J connectivity index is 2.07. The molecule has 2 aromatic carbocycles. The highest BCUT2D eigenvalue weighted by Crippen LogP contribution is 2.21. The summed E-state index contributed by atoms with van der Waals surface area (Å²) in [5, 5.41) is 13.8. The van der Waals surface area contributed by atoms with Crippen LogP contribution in [0.1, 0.15) is 12.5 Å². The molecule has 0 fully saturated rings. The normalized spacial score (nSPS) is 11.9. The highest BCUT2D eigenvalue weighted by molar-refractivity contribution is 5.52. The molecule has 0 saturated carbocycles. The highest BCUT2D eigenvalue weighted by Gasteiger charge is 2.11. The Morgan fingerprint density at radius 1 is 1.25 bits per heavy atom. The third-order valence-electron chi connectivity index (χ3n) is 2.89. The van der Waals surface area contributed by atoms with E-state index in [-0.39, 0.29) is 11.7 Å². The van der Waals surface area contributed by atoms with Crippen LogP contribution in [0.5, 0.6) is 0 Å². The molecular formula is C15H15FN2O2. The second-order valence-corrected chi connectivity index (χ2v) is 4.69. The molecule has 0 amide bonds. The Bertz CT molecular complexity index is 602. The van der Waals surface area contributed by atoms with Crippen molar-refractivity contribution in [1.82, 2.24) is 0 Å².